The number of carbonyl (C=O) groups excluding carboxylic acids is 2. The first-order chi connectivity index (χ1) is 11.9. The van der Waals surface area contributed by atoms with Crippen LogP contribution in [-0.4, -0.2) is 54.0 Å². The molecule has 0 aromatic heterocycles. The summed E-state index contributed by atoms with van der Waals surface area (Å²) in [6.45, 7) is 6.66. The molecule has 1 aromatic carbocycles. The number of likely N-dealkylation sites (tertiary alicyclic amines) is 1. The first kappa shape index (κ1) is 17.9. The summed E-state index contributed by atoms with van der Waals surface area (Å²) in [5.74, 6) is 1.11. The summed E-state index contributed by atoms with van der Waals surface area (Å²) in [6.07, 6.45) is 0.500. The van der Waals surface area contributed by atoms with Crippen molar-refractivity contribution in [3.63, 3.8) is 0 Å². The maximum atomic E-state index is 12.5. The lowest BCUT2D eigenvalue weighted by molar-refractivity contribution is -0.129. The lowest BCUT2D eigenvalue weighted by Crippen LogP contribution is -2.42. The van der Waals surface area contributed by atoms with E-state index in [9.17, 15) is 9.59 Å². The van der Waals surface area contributed by atoms with Gasteiger partial charge in [-0.3, -0.25) is 4.79 Å². The topological polar surface area (TPSA) is 61.9 Å². The van der Waals surface area contributed by atoms with Crippen LogP contribution < -0.4 is 10.1 Å². The Morgan fingerprint density at radius 1 is 1.44 bits per heavy atom. The van der Waals surface area contributed by atoms with Gasteiger partial charge in [0.2, 0.25) is 5.91 Å². The highest BCUT2D eigenvalue weighted by molar-refractivity contribution is 6.30. The molecule has 1 unspecified atom stereocenters. The standard InChI is InChI=1S/C18H24ClN3O3/c1-12(2)22-10-13(7-17(22)23)9-20-18(24)21-5-6-25-16-4-3-15(19)8-14(16)11-21/h3-4,8,12-13H,5-7,9-11H2,1-2H3,(H,20,24). The smallest absolute Gasteiger partial charge is 0.317 e. The molecule has 0 spiro atoms. The van der Waals surface area contributed by atoms with Gasteiger partial charge in [0.15, 0.2) is 0 Å². The predicted molar refractivity (Wildman–Crippen MR) is 95.7 cm³/mol. The third-order valence-corrected chi connectivity index (χ3v) is 4.93. The number of fused-ring (bicyclic) bond motifs is 1. The summed E-state index contributed by atoms with van der Waals surface area (Å²) >= 11 is 6.05. The molecule has 7 heteroatoms. The molecular formula is C18H24ClN3O3. The number of nitrogens with zero attached hydrogens (tertiary/aromatic N) is 2. The zero-order valence-corrected chi connectivity index (χ0v) is 15.4. The van der Waals surface area contributed by atoms with Gasteiger partial charge in [0, 0.05) is 42.1 Å². The number of nitrogens with one attached hydrogen (secondary N) is 1. The Labute approximate surface area is 153 Å². The largest absolute Gasteiger partial charge is 0.491 e. The van der Waals surface area contributed by atoms with E-state index in [4.69, 9.17) is 16.3 Å². The minimum atomic E-state index is -0.133. The fraction of sp³-hybridized carbons (Fsp3) is 0.556. The second kappa shape index (κ2) is 7.52. The predicted octanol–water partition coefficient (Wildman–Crippen LogP) is 2.50. The Balaban J connectivity index is 1.56. The van der Waals surface area contributed by atoms with Crippen LogP contribution in [0.2, 0.25) is 5.02 Å². The molecule has 1 atom stereocenters. The number of benzene rings is 1. The molecule has 0 bridgehead atoms. The number of carbonyl (C=O) groups is 2. The Kier molecular flexibility index (Phi) is 5.37. The SMILES string of the molecule is CC(C)N1CC(CNC(=O)N2CCOc3ccc(Cl)cc3C2)CC1=O. The summed E-state index contributed by atoms with van der Waals surface area (Å²) in [6, 6.07) is 5.53. The quantitative estimate of drug-likeness (QED) is 0.895. The van der Waals surface area contributed by atoms with Crippen LogP contribution in [0.4, 0.5) is 4.79 Å². The van der Waals surface area contributed by atoms with Crippen LogP contribution in [0.5, 0.6) is 5.75 Å². The maximum absolute atomic E-state index is 12.5. The lowest BCUT2D eigenvalue weighted by atomic mass is 10.1. The number of amides is 3. The van der Waals surface area contributed by atoms with Crippen LogP contribution in [0.1, 0.15) is 25.8 Å². The second-order valence-corrected chi connectivity index (χ2v) is 7.35. The van der Waals surface area contributed by atoms with Gasteiger partial charge in [-0.25, -0.2) is 4.79 Å². The van der Waals surface area contributed by atoms with Crippen molar-refractivity contribution in [1.29, 1.82) is 0 Å². The summed E-state index contributed by atoms with van der Waals surface area (Å²) in [5, 5.41) is 3.59. The van der Waals surface area contributed by atoms with Crippen molar-refractivity contribution in [2.45, 2.75) is 32.9 Å². The molecule has 0 saturated carbocycles. The molecule has 1 saturated heterocycles. The highest BCUT2D eigenvalue weighted by atomic mass is 35.5. The molecule has 136 valence electrons. The van der Waals surface area contributed by atoms with Gasteiger partial charge >= 0.3 is 6.03 Å². The van der Waals surface area contributed by atoms with Crippen LogP contribution >= 0.6 is 11.6 Å². The van der Waals surface area contributed by atoms with E-state index in [1.165, 1.54) is 0 Å². The van der Waals surface area contributed by atoms with E-state index >= 15 is 0 Å². The van der Waals surface area contributed by atoms with E-state index in [0.717, 1.165) is 11.3 Å². The fourth-order valence-corrected chi connectivity index (χ4v) is 3.52. The Morgan fingerprint density at radius 2 is 2.24 bits per heavy atom. The van der Waals surface area contributed by atoms with Crippen LogP contribution in [0.25, 0.3) is 0 Å². The van der Waals surface area contributed by atoms with E-state index in [1.54, 1.807) is 11.0 Å². The van der Waals surface area contributed by atoms with Crippen molar-refractivity contribution in [3.8, 4) is 5.75 Å². The van der Waals surface area contributed by atoms with Crippen molar-refractivity contribution in [3.05, 3.63) is 28.8 Å². The summed E-state index contributed by atoms with van der Waals surface area (Å²) in [4.78, 5) is 28.1. The van der Waals surface area contributed by atoms with E-state index in [1.807, 2.05) is 30.9 Å². The molecule has 0 radical (unpaired) electrons. The Hall–Kier alpha value is -1.95. The molecule has 25 heavy (non-hydrogen) atoms. The number of hydrogen-bond acceptors (Lipinski definition) is 3. The van der Waals surface area contributed by atoms with Crippen LogP contribution in [0.3, 0.4) is 0 Å². The van der Waals surface area contributed by atoms with Gasteiger partial charge in [-0.15, -0.1) is 0 Å². The van der Waals surface area contributed by atoms with Gasteiger partial charge in [0.05, 0.1) is 13.1 Å². The first-order valence-electron chi connectivity index (χ1n) is 8.67. The van der Waals surface area contributed by atoms with Crippen LogP contribution in [-0.2, 0) is 11.3 Å². The van der Waals surface area contributed by atoms with E-state index in [-0.39, 0.29) is 23.9 Å². The number of urea groups is 1. The van der Waals surface area contributed by atoms with E-state index in [2.05, 4.69) is 5.32 Å². The minimum absolute atomic E-state index is 0.133. The summed E-state index contributed by atoms with van der Waals surface area (Å²) in [5.41, 5.74) is 0.905. The van der Waals surface area contributed by atoms with Gasteiger partial charge in [-0.05, 0) is 32.0 Å². The molecule has 3 amide bonds. The van der Waals surface area contributed by atoms with E-state index in [0.29, 0.717) is 44.2 Å². The Bertz CT molecular complexity index is 665. The number of rotatable bonds is 3. The van der Waals surface area contributed by atoms with Gasteiger partial charge in [0.1, 0.15) is 12.4 Å². The van der Waals surface area contributed by atoms with Crippen molar-refractivity contribution in [2.75, 3.05) is 26.2 Å². The number of hydrogen-bond donors (Lipinski definition) is 1. The summed E-state index contributed by atoms with van der Waals surface area (Å²) in [7, 11) is 0. The first-order valence-corrected chi connectivity index (χ1v) is 9.05. The van der Waals surface area contributed by atoms with E-state index < -0.39 is 0 Å². The fourth-order valence-electron chi connectivity index (χ4n) is 3.32. The van der Waals surface area contributed by atoms with Crippen LogP contribution in [0, 0.1) is 5.92 Å². The molecule has 2 aliphatic heterocycles. The zero-order valence-electron chi connectivity index (χ0n) is 14.6. The number of halogens is 1. The molecule has 1 fully saturated rings. The molecule has 2 aliphatic rings. The number of ether oxygens (including phenoxy) is 1. The van der Waals surface area contributed by atoms with Crippen molar-refractivity contribution < 1.29 is 14.3 Å². The van der Waals surface area contributed by atoms with Gasteiger partial charge in [-0.2, -0.15) is 0 Å². The lowest BCUT2D eigenvalue weighted by Gasteiger charge is -2.23. The molecule has 1 N–H and O–H groups in total. The minimum Gasteiger partial charge on any atom is -0.491 e. The molecule has 6 nitrogen and oxygen atoms in total. The summed E-state index contributed by atoms with van der Waals surface area (Å²) < 4.78 is 5.68. The van der Waals surface area contributed by atoms with Crippen molar-refractivity contribution >= 4 is 23.5 Å². The van der Waals surface area contributed by atoms with Crippen LogP contribution in [0.15, 0.2) is 18.2 Å². The zero-order chi connectivity index (χ0) is 18.0. The van der Waals surface area contributed by atoms with Gasteiger partial charge in [-0.1, -0.05) is 11.6 Å². The van der Waals surface area contributed by atoms with Crippen molar-refractivity contribution in [2.24, 2.45) is 5.92 Å². The third kappa shape index (κ3) is 4.18. The van der Waals surface area contributed by atoms with Crippen molar-refractivity contribution in [1.82, 2.24) is 15.1 Å². The maximum Gasteiger partial charge on any atom is 0.317 e. The Morgan fingerprint density at radius 3 is 2.96 bits per heavy atom. The average molecular weight is 366 g/mol. The molecular weight excluding hydrogens is 342 g/mol. The highest BCUT2D eigenvalue weighted by Gasteiger charge is 2.31. The normalized spacial score (nSPS) is 20.3. The monoisotopic (exact) mass is 365 g/mol. The van der Waals surface area contributed by atoms with Gasteiger partial charge < -0.3 is 19.9 Å². The molecule has 2 heterocycles. The molecule has 3 rings (SSSR count). The molecule has 1 aromatic rings. The molecule has 0 aliphatic carbocycles. The second-order valence-electron chi connectivity index (χ2n) is 6.92. The average Bonchev–Trinajstić information content (AvgIpc) is 2.81. The highest BCUT2D eigenvalue weighted by Crippen LogP contribution is 2.26. The van der Waals surface area contributed by atoms with Gasteiger partial charge in [0.25, 0.3) is 0 Å². The third-order valence-electron chi connectivity index (χ3n) is 4.69.